The van der Waals surface area contributed by atoms with Gasteiger partial charge >= 0.3 is 0 Å². The van der Waals surface area contributed by atoms with Gasteiger partial charge in [0.1, 0.15) is 0 Å². The molecule has 0 amide bonds. The van der Waals surface area contributed by atoms with Crippen LogP contribution in [0.1, 0.15) is 32.2 Å². The van der Waals surface area contributed by atoms with Crippen LogP contribution in [0.4, 0.5) is 0 Å². The quantitative estimate of drug-likeness (QED) is 0.824. The number of rotatable bonds is 6. The van der Waals surface area contributed by atoms with Gasteiger partial charge in [-0.2, -0.15) is 5.10 Å². The highest BCUT2D eigenvalue weighted by molar-refractivity contribution is 5.10. The molecule has 0 spiro atoms. The Morgan fingerprint density at radius 3 is 2.59 bits per heavy atom. The fraction of sp³-hybridized carbons (Fsp3) is 0.769. The van der Waals surface area contributed by atoms with Crippen LogP contribution in [-0.4, -0.2) is 34.2 Å². The number of aromatic nitrogens is 2. The fourth-order valence-corrected chi connectivity index (χ4v) is 2.24. The van der Waals surface area contributed by atoms with Crippen LogP contribution in [-0.2, 0) is 17.7 Å². The first kappa shape index (κ1) is 14.2. The second-order valence-electron chi connectivity index (χ2n) is 4.81. The summed E-state index contributed by atoms with van der Waals surface area (Å²) in [6.45, 7) is 8.96. The summed E-state index contributed by atoms with van der Waals surface area (Å²) in [7, 11) is 1.65. The number of aliphatic hydroxyl groups is 1. The summed E-state index contributed by atoms with van der Waals surface area (Å²) in [5.41, 5.74) is 2.06. The van der Waals surface area contributed by atoms with Crippen LogP contribution in [0, 0.1) is 12.8 Å². The molecule has 1 heterocycles. The highest BCUT2D eigenvalue weighted by atomic mass is 16.5. The second kappa shape index (κ2) is 6.17. The number of ether oxygens (including phenoxy) is 1. The SMILES string of the molecule is CCn1nc(C)cc1CC(O)C(OC)C(C)C. The first-order valence-corrected chi connectivity index (χ1v) is 6.23. The minimum absolute atomic E-state index is 0.129. The normalized spacial score (nSPS) is 15.2. The molecule has 1 rings (SSSR count). The Morgan fingerprint density at radius 2 is 2.12 bits per heavy atom. The van der Waals surface area contributed by atoms with E-state index in [4.69, 9.17) is 4.74 Å². The van der Waals surface area contributed by atoms with Crippen molar-refractivity contribution < 1.29 is 9.84 Å². The van der Waals surface area contributed by atoms with Crippen LogP contribution < -0.4 is 0 Å². The molecule has 0 aromatic carbocycles. The van der Waals surface area contributed by atoms with Crippen molar-refractivity contribution in [1.29, 1.82) is 0 Å². The predicted molar refractivity (Wildman–Crippen MR) is 68.0 cm³/mol. The van der Waals surface area contributed by atoms with Gasteiger partial charge in [-0.15, -0.1) is 0 Å². The first-order chi connectivity index (χ1) is 7.99. The molecule has 0 fully saturated rings. The lowest BCUT2D eigenvalue weighted by Crippen LogP contribution is -2.35. The first-order valence-electron chi connectivity index (χ1n) is 6.23. The van der Waals surface area contributed by atoms with Crippen molar-refractivity contribution in [1.82, 2.24) is 9.78 Å². The monoisotopic (exact) mass is 240 g/mol. The second-order valence-corrected chi connectivity index (χ2v) is 4.81. The third-order valence-electron chi connectivity index (χ3n) is 3.01. The molecule has 2 atom stereocenters. The molecule has 4 heteroatoms. The number of nitrogens with zero attached hydrogens (tertiary/aromatic N) is 2. The van der Waals surface area contributed by atoms with Crippen molar-refractivity contribution >= 4 is 0 Å². The molecule has 0 aliphatic carbocycles. The third kappa shape index (κ3) is 3.54. The zero-order valence-corrected chi connectivity index (χ0v) is 11.5. The van der Waals surface area contributed by atoms with Crippen molar-refractivity contribution in [2.24, 2.45) is 5.92 Å². The van der Waals surface area contributed by atoms with Crippen LogP contribution in [0.5, 0.6) is 0 Å². The van der Waals surface area contributed by atoms with Gasteiger partial charge in [0, 0.05) is 25.8 Å². The van der Waals surface area contributed by atoms with Crippen molar-refractivity contribution in [3.05, 3.63) is 17.5 Å². The van der Waals surface area contributed by atoms with Crippen LogP contribution in [0.2, 0.25) is 0 Å². The molecule has 0 aliphatic rings. The van der Waals surface area contributed by atoms with Crippen LogP contribution in [0.3, 0.4) is 0 Å². The maximum absolute atomic E-state index is 10.2. The molecule has 1 aromatic heterocycles. The van der Waals surface area contributed by atoms with Gasteiger partial charge in [-0.25, -0.2) is 0 Å². The summed E-state index contributed by atoms with van der Waals surface area (Å²) in [5, 5.41) is 14.6. The summed E-state index contributed by atoms with van der Waals surface area (Å²) in [6.07, 6.45) is -0.0253. The molecular weight excluding hydrogens is 216 g/mol. The van der Waals surface area contributed by atoms with Gasteiger partial charge in [-0.3, -0.25) is 4.68 Å². The molecule has 98 valence electrons. The molecule has 1 N–H and O–H groups in total. The number of aryl methyl sites for hydroxylation is 2. The molecular formula is C13H24N2O2. The zero-order chi connectivity index (χ0) is 13.0. The maximum Gasteiger partial charge on any atom is 0.0859 e. The minimum atomic E-state index is -0.485. The van der Waals surface area contributed by atoms with E-state index in [-0.39, 0.29) is 6.10 Å². The van der Waals surface area contributed by atoms with E-state index < -0.39 is 6.10 Å². The zero-order valence-electron chi connectivity index (χ0n) is 11.5. The summed E-state index contributed by atoms with van der Waals surface area (Å²) in [5.74, 6) is 0.300. The molecule has 0 saturated carbocycles. The number of methoxy groups -OCH3 is 1. The lowest BCUT2D eigenvalue weighted by molar-refractivity contribution is -0.0375. The van der Waals surface area contributed by atoms with E-state index in [9.17, 15) is 5.11 Å². The maximum atomic E-state index is 10.2. The highest BCUT2D eigenvalue weighted by Gasteiger charge is 2.23. The molecule has 0 radical (unpaired) electrons. The van der Waals surface area contributed by atoms with E-state index in [2.05, 4.69) is 25.9 Å². The Labute approximate surface area is 104 Å². The van der Waals surface area contributed by atoms with Crippen LogP contribution >= 0.6 is 0 Å². The fourth-order valence-electron chi connectivity index (χ4n) is 2.24. The van der Waals surface area contributed by atoms with Gasteiger partial charge in [-0.05, 0) is 25.8 Å². The Hall–Kier alpha value is -0.870. The van der Waals surface area contributed by atoms with Gasteiger partial charge in [0.2, 0.25) is 0 Å². The van der Waals surface area contributed by atoms with Gasteiger partial charge in [0.15, 0.2) is 0 Å². The molecule has 0 aliphatic heterocycles. The van der Waals surface area contributed by atoms with Crippen molar-refractivity contribution in [3.8, 4) is 0 Å². The van der Waals surface area contributed by atoms with Gasteiger partial charge in [0.05, 0.1) is 17.9 Å². The van der Waals surface area contributed by atoms with Crippen molar-refractivity contribution in [2.45, 2.75) is 52.9 Å². The topological polar surface area (TPSA) is 47.3 Å². The molecule has 4 nitrogen and oxygen atoms in total. The van der Waals surface area contributed by atoms with E-state index >= 15 is 0 Å². The Balaban J connectivity index is 2.75. The van der Waals surface area contributed by atoms with Gasteiger partial charge in [-0.1, -0.05) is 13.8 Å². The lowest BCUT2D eigenvalue weighted by atomic mass is 9.98. The Bertz CT molecular complexity index is 347. The highest BCUT2D eigenvalue weighted by Crippen LogP contribution is 2.15. The summed E-state index contributed by atoms with van der Waals surface area (Å²) in [6, 6.07) is 2.03. The smallest absolute Gasteiger partial charge is 0.0859 e. The van der Waals surface area contributed by atoms with Crippen molar-refractivity contribution in [2.75, 3.05) is 7.11 Å². The Kier molecular flexibility index (Phi) is 5.15. The third-order valence-corrected chi connectivity index (χ3v) is 3.01. The molecule has 0 bridgehead atoms. The van der Waals surface area contributed by atoms with E-state index in [1.165, 1.54) is 0 Å². The average Bonchev–Trinajstić information content (AvgIpc) is 2.59. The lowest BCUT2D eigenvalue weighted by Gasteiger charge is -2.25. The van der Waals surface area contributed by atoms with Crippen molar-refractivity contribution in [3.63, 3.8) is 0 Å². The number of aliphatic hydroxyl groups excluding tert-OH is 1. The molecule has 1 aromatic rings. The summed E-state index contributed by atoms with van der Waals surface area (Å²) in [4.78, 5) is 0. The predicted octanol–water partition coefficient (Wildman–Crippen LogP) is 1.79. The minimum Gasteiger partial charge on any atom is -0.390 e. The summed E-state index contributed by atoms with van der Waals surface area (Å²) >= 11 is 0. The largest absolute Gasteiger partial charge is 0.390 e. The molecule has 17 heavy (non-hydrogen) atoms. The van der Waals surface area contributed by atoms with Crippen LogP contribution in [0.25, 0.3) is 0 Å². The van der Waals surface area contributed by atoms with E-state index in [1.54, 1.807) is 7.11 Å². The average molecular weight is 240 g/mol. The van der Waals surface area contributed by atoms with E-state index in [1.807, 2.05) is 17.7 Å². The molecule has 0 saturated heterocycles. The molecule has 2 unspecified atom stereocenters. The Morgan fingerprint density at radius 1 is 1.47 bits per heavy atom. The van der Waals surface area contributed by atoms with Gasteiger partial charge in [0.25, 0.3) is 0 Å². The van der Waals surface area contributed by atoms with E-state index in [0.717, 1.165) is 17.9 Å². The number of hydrogen-bond donors (Lipinski definition) is 1. The summed E-state index contributed by atoms with van der Waals surface area (Å²) < 4.78 is 7.28. The van der Waals surface area contributed by atoms with Crippen LogP contribution in [0.15, 0.2) is 6.07 Å². The van der Waals surface area contributed by atoms with E-state index in [0.29, 0.717) is 12.3 Å². The standard InChI is InChI=1S/C13H24N2O2/c1-6-15-11(7-10(4)14-15)8-12(16)13(17-5)9(2)3/h7,9,12-13,16H,6,8H2,1-5H3. The number of hydrogen-bond acceptors (Lipinski definition) is 3. The van der Waals surface area contributed by atoms with Gasteiger partial charge < -0.3 is 9.84 Å².